The predicted octanol–water partition coefficient (Wildman–Crippen LogP) is 8.91. The maximum Gasteiger partial charge on any atom is 0.0813 e. The lowest BCUT2D eigenvalue weighted by atomic mass is 10.00. The molecule has 0 N–H and O–H groups in total. The van der Waals surface area contributed by atoms with Crippen molar-refractivity contribution in [1.82, 2.24) is 9.55 Å². The van der Waals surface area contributed by atoms with E-state index in [9.17, 15) is 0 Å². The van der Waals surface area contributed by atoms with Crippen LogP contribution in [0.4, 0.5) is 0 Å². The first-order chi connectivity index (χ1) is 16.4. The number of rotatable bonds is 1. The maximum absolute atomic E-state index is 4.49. The van der Waals surface area contributed by atoms with Crippen LogP contribution in [-0.4, -0.2) is 9.55 Å². The van der Waals surface area contributed by atoms with Crippen molar-refractivity contribution in [3.05, 3.63) is 96.5 Å². The van der Waals surface area contributed by atoms with Crippen molar-refractivity contribution >= 4 is 85.6 Å². The minimum Gasteiger partial charge on any atom is -0.309 e. The molecule has 8 aromatic rings. The SMILES string of the molecule is c1ccc2c(c1)sc1c2c2ccccc2c2c1c1ccccc1n2-c1ccc2ncsc2c1. The highest BCUT2D eigenvalue weighted by Crippen LogP contribution is 2.47. The van der Waals surface area contributed by atoms with Crippen LogP contribution in [0.1, 0.15) is 0 Å². The smallest absolute Gasteiger partial charge is 0.0813 e. The highest BCUT2D eigenvalue weighted by atomic mass is 32.1. The third-order valence-corrected chi connectivity index (χ3v) is 8.70. The number of para-hydroxylation sites is 1. The first-order valence-electron chi connectivity index (χ1n) is 11.0. The number of fused-ring (bicyclic) bond motifs is 11. The van der Waals surface area contributed by atoms with Gasteiger partial charge in [-0.3, -0.25) is 0 Å². The lowest BCUT2D eigenvalue weighted by Crippen LogP contribution is -1.94. The quantitative estimate of drug-likeness (QED) is 0.241. The molecule has 0 saturated heterocycles. The second-order valence-corrected chi connectivity index (χ2v) is 10.4. The Bertz CT molecular complexity index is 2040. The van der Waals surface area contributed by atoms with Crippen LogP contribution >= 0.6 is 22.7 Å². The van der Waals surface area contributed by atoms with E-state index in [0.29, 0.717) is 0 Å². The minimum absolute atomic E-state index is 1.06. The lowest BCUT2D eigenvalue weighted by Gasteiger charge is -2.11. The van der Waals surface area contributed by atoms with Gasteiger partial charge in [0, 0.05) is 42.0 Å². The van der Waals surface area contributed by atoms with E-state index in [1.807, 2.05) is 16.8 Å². The largest absolute Gasteiger partial charge is 0.309 e. The fraction of sp³-hybridized carbons (Fsp3) is 0. The zero-order valence-electron chi connectivity index (χ0n) is 17.4. The maximum atomic E-state index is 4.49. The Balaban J connectivity index is 1.70. The van der Waals surface area contributed by atoms with Gasteiger partial charge in [-0.25, -0.2) is 4.98 Å². The fourth-order valence-corrected chi connectivity index (χ4v) is 7.36. The molecule has 0 aliphatic carbocycles. The van der Waals surface area contributed by atoms with Crippen molar-refractivity contribution in [2.45, 2.75) is 0 Å². The Kier molecular flexibility index (Phi) is 3.45. The lowest BCUT2D eigenvalue weighted by molar-refractivity contribution is 1.19. The topological polar surface area (TPSA) is 17.8 Å². The van der Waals surface area contributed by atoms with Gasteiger partial charge < -0.3 is 4.57 Å². The van der Waals surface area contributed by atoms with Gasteiger partial charge in [-0.05, 0) is 35.7 Å². The summed E-state index contributed by atoms with van der Waals surface area (Å²) in [6.07, 6.45) is 0. The zero-order chi connectivity index (χ0) is 21.5. The van der Waals surface area contributed by atoms with E-state index in [1.54, 1.807) is 11.3 Å². The first kappa shape index (κ1) is 17.8. The van der Waals surface area contributed by atoms with Crippen molar-refractivity contribution in [3.63, 3.8) is 0 Å². The monoisotopic (exact) mass is 456 g/mol. The molecule has 0 aliphatic rings. The molecular weight excluding hydrogens is 440 g/mol. The number of nitrogens with zero attached hydrogens (tertiary/aromatic N) is 2. The molecule has 0 amide bonds. The molecule has 33 heavy (non-hydrogen) atoms. The van der Waals surface area contributed by atoms with Crippen LogP contribution < -0.4 is 0 Å². The number of benzene rings is 5. The molecule has 154 valence electrons. The van der Waals surface area contributed by atoms with Gasteiger partial charge in [0.2, 0.25) is 0 Å². The number of thiazole rings is 1. The molecule has 3 aromatic heterocycles. The molecule has 0 atom stereocenters. The highest BCUT2D eigenvalue weighted by Gasteiger charge is 2.21. The summed E-state index contributed by atoms with van der Waals surface area (Å²) in [6, 6.07) is 33.2. The van der Waals surface area contributed by atoms with Gasteiger partial charge in [0.25, 0.3) is 0 Å². The Morgan fingerprint density at radius 3 is 2.30 bits per heavy atom. The van der Waals surface area contributed by atoms with Gasteiger partial charge in [-0.1, -0.05) is 60.7 Å². The van der Waals surface area contributed by atoms with Crippen molar-refractivity contribution in [2.75, 3.05) is 0 Å². The van der Waals surface area contributed by atoms with E-state index in [1.165, 1.54) is 63.1 Å². The molecule has 0 spiro atoms. The summed E-state index contributed by atoms with van der Waals surface area (Å²) >= 11 is 3.61. The van der Waals surface area contributed by atoms with Crippen LogP contribution in [0.2, 0.25) is 0 Å². The number of hydrogen-bond donors (Lipinski definition) is 0. The number of hydrogen-bond acceptors (Lipinski definition) is 3. The fourth-order valence-electron chi connectivity index (χ4n) is 5.37. The third kappa shape index (κ3) is 2.29. The van der Waals surface area contributed by atoms with Crippen LogP contribution in [0.15, 0.2) is 96.5 Å². The van der Waals surface area contributed by atoms with E-state index in [0.717, 1.165) is 5.52 Å². The van der Waals surface area contributed by atoms with Crippen LogP contribution in [0.5, 0.6) is 0 Å². The summed E-state index contributed by atoms with van der Waals surface area (Å²) < 4.78 is 6.38. The Morgan fingerprint density at radius 2 is 1.39 bits per heavy atom. The Hall–Kier alpha value is -3.73. The van der Waals surface area contributed by atoms with Gasteiger partial charge >= 0.3 is 0 Å². The van der Waals surface area contributed by atoms with Crippen molar-refractivity contribution in [3.8, 4) is 5.69 Å². The molecule has 0 unspecified atom stereocenters. The summed E-state index contributed by atoms with van der Waals surface area (Å²) in [7, 11) is 0. The van der Waals surface area contributed by atoms with Gasteiger partial charge in [-0.2, -0.15) is 0 Å². The number of thiophene rings is 1. The summed E-state index contributed by atoms with van der Waals surface area (Å²) in [5.41, 5.74) is 6.70. The van der Waals surface area contributed by atoms with Crippen molar-refractivity contribution in [1.29, 1.82) is 0 Å². The minimum atomic E-state index is 1.06. The summed E-state index contributed by atoms with van der Waals surface area (Å²) in [5.74, 6) is 0. The normalized spacial score (nSPS) is 12.2. The van der Waals surface area contributed by atoms with Gasteiger partial charge in [0.1, 0.15) is 0 Å². The van der Waals surface area contributed by atoms with Crippen molar-refractivity contribution < 1.29 is 0 Å². The van der Waals surface area contributed by atoms with E-state index < -0.39 is 0 Å². The Labute approximate surface area is 196 Å². The predicted molar refractivity (Wildman–Crippen MR) is 144 cm³/mol. The summed E-state index contributed by atoms with van der Waals surface area (Å²) in [6.45, 7) is 0. The van der Waals surface area contributed by atoms with E-state index in [2.05, 4.69) is 101 Å². The number of aromatic nitrogens is 2. The average Bonchev–Trinajstić information content (AvgIpc) is 3.57. The standard InChI is InChI=1S/C29H16N2S2/c1-2-8-19-18(7-1)26-21-10-4-6-12-24(21)33-29(26)27-20-9-3-5-11-23(20)31(28(19)27)17-13-14-22-25(15-17)32-16-30-22/h1-16H. The molecule has 8 rings (SSSR count). The molecule has 2 nitrogen and oxygen atoms in total. The van der Waals surface area contributed by atoms with E-state index in [4.69, 9.17) is 0 Å². The molecule has 0 saturated carbocycles. The van der Waals surface area contributed by atoms with Crippen molar-refractivity contribution in [2.24, 2.45) is 0 Å². The molecular formula is C29H16N2S2. The zero-order valence-corrected chi connectivity index (χ0v) is 19.1. The van der Waals surface area contributed by atoms with E-state index in [-0.39, 0.29) is 0 Å². The van der Waals surface area contributed by atoms with Crippen LogP contribution in [-0.2, 0) is 0 Å². The van der Waals surface area contributed by atoms with Gasteiger partial charge in [-0.15, -0.1) is 22.7 Å². The van der Waals surface area contributed by atoms with Gasteiger partial charge in [0.05, 0.1) is 26.8 Å². The van der Waals surface area contributed by atoms with Crippen LogP contribution in [0.25, 0.3) is 68.7 Å². The second-order valence-electron chi connectivity index (χ2n) is 8.43. The summed E-state index contributed by atoms with van der Waals surface area (Å²) in [4.78, 5) is 4.49. The molecule has 5 aromatic carbocycles. The molecule has 3 heterocycles. The van der Waals surface area contributed by atoms with Crippen LogP contribution in [0, 0.1) is 0 Å². The second kappa shape index (κ2) is 6.41. The van der Waals surface area contributed by atoms with Crippen LogP contribution in [0.3, 0.4) is 0 Å². The highest BCUT2D eigenvalue weighted by molar-refractivity contribution is 7.27. The molecule has 0 bridgehead atoms. The third-order valence-electron chi connectivity index (χ3n) is 6.72. The molecule has 0 radical (unpaired) electrons. The Morgan fingerprint density at radius 1 is 0.636 bits per heavy atom. The molecule has 0 aliphatic heterocycles. The summed E-state index contributed by atoms with van der Waals surface area (Å²) in [5, 5.41) is 7.99. The average molecular weight is 457 g/mol. The van der Waals surface area contributed by atoms with E-state index >= 15 is 0 Å². The molecule has 4 heteroatoms. The molecule has 0 fully saturated rings. The first-order valence-corrected chi connectivity index (χ1v) is 12.7. The van der Waals surface area contributed by atoms with Gasteiger partial charge in [0.15, 0.2) is 0 Å².